The van der Waals surface area contributed by atoms with Crippen LogP contribution in [0.15, 0.2) is 79.3 Å². The van der Waals surface area contributed by atoms with Gasteiger partial charge in [-0.25, -0.2) is 13.4 Å². The first-order valence-corrected chi connectivity index (χ1v) is 13.9. The first-order valence-electron chi connectivity index (χ1n) is 11.2. The molecule has 1 aliphatic heterocycles. The number of rotatable bonds is 7. The third kappa shape index (κ3) is 5.10. The van der Waals surface area contributed by atoms with Gasteiger partial charge in [0.15, 0.2) is 5.11 Å². The molecular weight excluding hydrogens is 532 g/mol. The number of nitrogens with one attached hydrogen (secondary N) is 2. The van der Waals surface area contributed by atoms with Gasteiger partial charge in [0.05, 0.1) is 35.8 Å². The molecule has 0 saturated carbocycles. The molecule has 1 saturated heterocycles. The molecule has 4 heterocycles. The number of hydrogen-bond acceptors (Lipinski definition) is 6. The topological polar surface area (TPSA) is 101 Å². The van der Waals surface area contributed by atoms with Crippen molar-refractivity contribution < 1.29 is 13.2 Å². The lowest BCUT2D eigenvalue weighted by Crippen LogP contribution is -2.30. The van der Waals surface area contributed by atoms with Crippen LogP contribution in [0.2, 0.25) is 5.02 Å². The zero-order valence-corrected chi connectivity index (χ0v) is 22.3. The molecule has 1 fully saturated rings. The van der Waals surface area contributed by atoms with Crippen LogP contribution in [0.25, 0.3) is 5.82 Å². The molecule has 37 heavy (non-hydrogen) atoms. The Morgan fingerprint density at radius 3 is 2.62 bits per heavy atom. The smallest absolute Gasteiger partial charge is 0.229 e. The minimum absolute atomic E-state index is 0.283. The summed E-state index contributed by atoms with van der Waals surface area (Å²) < 4.78 is 33.6. The summed E-state index contributed by atoms with van der Waals surface area (Å²) in [6.07, 6.45) is 6.37. The van der Waals surface area contributed by atoms with Crippen molar-refractivity contribution in [3.63, 3.8) is 0 Å². The monoisotopic (exact) mass is 554 g/mol. The molecule has 2 N–H and O–H groups in total. The molecule has 4 aromatic rings. The van der Waals surface area contributed by atoms with Crippen LogP contribution < -0.4 is 19.7 Å². The van der Waals surface area contributed by atoms with Crippen molar-refractivity contribution >= 4 is 50.3 Å². The van der Waals surface area contributed by atoms with Crippen molar-refractivity contribution in [3.8, 4) is 11.6 Å². The molecule has 0 amide bonds. The molecule has 1 aliphatic rings. The highest BCUT2D eigenvalue weighted by atomic mass is 35.5. The lowest BCUT2D eigenvalue weighted by atomic mass is 10.0. The number of sulfonamides is 1. The van der Waals surface area contributed by atoms with E-state index in [1.165, 1.54) is 7.11 Å². The molecule has 0 radical (unpaired) electrons. The van der Waals surface area contributed by atoms with E-state index >= 15 is 0 Å². The van der Waals surface area contributed by atoms with Gasteiger partial charge in [-0.1, -0.05) is 17.7 Å². The van der Waals surface area contributed by atoms with Crippen LogP contribution in [0, 0.1) is 0 Å². The van der Waals surface area contributed by atoms with E-state index in [1.807, 2.05) is 52.1 Å². The minimum atomic E-state index is -3.49. The van der Waals surface area contributed by atoms with Gasteiger partial charge in [0.25, 0.3) is 0 Å². The van der Waals surface area contributed by atoms with Gasteiger partial charge in [-0.15, -0.1) is 0 Å². The zero-order valence-electron chi connectivity index (χ0n) is 19.9. The fraction of sp³-hybridized carbons (Fsp3) is 0.160. The maximum atomic E-state index is 11.8. The molecule has 0 bridgehead atoms. The Hall–Kier alpha value is -3.67. The minimum Gasteiger partial charge on any atom is -0.494 e. The molecule has 5 rings (SSSR count). The summed E-state index contributed by atoms with van der Waals surface area (Å²) >= 11 is 11.9. The fourth-order valence-electron chi connectivity index (χ4n) is 4.40. The maximum absolute atomic E-state index is 11.8. The van der Waals surface area contributed by atoms with Crippen molar-refractivity contribution in [2.45, 2.75) is 12.1 Å². The number of halogens is 1. The lowest BCUT2D eigenvalue weighted by molar-refractivity contribution is 0.417. The number of methoxy groups -OCH3 is 1. The van der Waals surface area contributed by atoms with Crippen LogP contribution in [0.5, 0.6) is 5.75 Å². The van der Waals surface area contributed by atoms with Gasteiger partial charge in [-0.05, 0) is 60.7 Å². The molecule has 190 valence electrons. The predicted octanol–water partition coefficient (Wildman–Crippen LogP) is 4.48. The Labute approximate surface area is 225 Å². The van der Waals surface area contributed by atoms with E-state index in [4.69, 9.17) is 28.6 Å². The standard InChI is InChI=1S/C25H23ClN6O3S2/c1-35-21-14-17(9-10-18(21)30-37(2,33)34)32-24(23(29-25(32)36)19-6-3-4-12-27-19)20-7-5-13-31(20)22-11-8-16(26)15-28-22/h3-15,23-24,30H,1-2H3,(H,29,36)/t23-,24-/m0/s1. The molecular formula is C25H23ClN6O3S2. The molecule has 0 aliphatic carbocycles. The number of nitrogens with zero attached hydrogens (tertiary/aromatic N) is 4. The average molecular weight is 555 g/mol. The Balaban J connectivity index is 1.64. The van der Waals surface area contributed by atoms with Gasteiger partial charge in [-0.3, -0.25) is 9.71 Å². The normalized spacial score (nSPS) is 17.5. The van der Waals surface area contributed by atoms with Gasteiger partial charge < -0.3 is 19.5 Å². The molecule has 2 atom stereocenters. The summed E-state index contributed by atoms with van der Waals surface area (Å²) in [6, 6.07) is 17.9. The van der Waals surface area contributed by atoms with Gasteiger partial charge >= 0.3 is 0 Å². The Kier molecular flexibility index (Phi) is 6.76. The van der Waals surface area contributed by atoms with E-state index in [9.17, 15) is 8.42 Å². The summed E-state index contributed by atoms with van der Waals surface area (Å²) in [7, 11) is -2.01. The predicted molar refractivity (Wildman–Crippen MR) is 148 cm³/mol. The third-order valence-electron chi connectivity index (χ3n) is 5.90. The van der Waals surface area contributed by atoms with Crippen LogP contribution >= 0.6 is 23.8 Å². The van der Waals surface area contributed by atoms with Crippen molar-refractivity contribution in [1.82, 2.24) is 19.9 Å². The van der Waals surface area contributed by atoms with Gasteiger partial charge in [0, 0.05) is 36.0 Å². The van der Waals surface area contributed by atoms with Gasteiger partial charge in [0.1, 0.15) is 17.6 Å². The molecule has 3 aromatic heterocycles. The second kappa shape index (κ2) is 10.0. The summed E-state index contributed by atoms with van der Waals surface area (Å²) in [6.45, 7) is 0. The Bertz CT molecular complexity index is 1540. The summed E-state index contributed by atoms with van der Waals surface area (Å²) in [5.41, 5.74) is 2.78. The van der Waals surface area contributed by atoms with Crippen LogP contribution in [0.3, 0.4) is 0 Å². The van der Waals surface area contributed by atoms with E-state index in [2.05, 4.69) is 20.0 Å². The number of pyridine rings is 2. The molecule has 0 spiro atoms. The Morgan fingerprint density at radius 2 is 1.95 bits per heavy atom. The van der Waals surface area contributed by atoms with Crippen LogP contribution in [0.4, 0.5) is 11.4 Å². The number of thiocarbonyl (C=S) groups is 1. The number of benzene rings is 1. The van der Waals surface area contributed by atoms with E-state index in [0.29, 0.717) is 33.1 Å². The van der Waals surface area contributed by atoms with Crippen molar-refractivity contribution in [1.29, 1.82) is 0 Å². The van der Waals surface area contributed by atoms with Gasteiger partial charge in [0.2, 0.25) is 10.0 Å². The van der Waals surface area contributed by atoms with Crippen LogP contribution in [-0.2, 0) is 10.0 Å². The maximum Gasteiger partial charge on any atom is 0.229 e. The largest absolute Gasteiger partial charge is 0.494 e. The quantitative estimate of drug-likeness (QED) is 0.323. The molecule has 9 nitrogen and oxygen atoms in total. The van der Waals surface area contributed by atoms with Crippen LogP contribution in [-0.4, -0.2) is 41.4 Å². The highest BCUT2D eigenvalue weighted by Crippen LogP contribution is 2.43. The number of anilines is 2. The third-order valence-corrected chi connectivity index (χ3v) is 7.03. The van der Waals surface area contributed by atoms with E-state index in [1.54, 1.807) is 36.7 Å². The van der Waals surface area contributed by atoms with E-state index in [-0.39, 0.29) is 12.1 Å². The highest BCUT2D eigenvalue weighted by Gasteiger charge is 2.42. The second-order valence-corrected chi connectivity index (χ2v) is 11.0. The van der Waals surface area contributed by atoms with Gasteiger partial charge in [-0.2, -0.15) is 0 Å². The fourth-order valence-corrected chi connectivity index (χ4v) is 5.43. The van der Waals surface area contributed by atoms with E-state index in [0.717, 1.165) is 17.6 Å². The lowest BCUT2D eigenvalue weighted by Gasteiger charge is -2.29. The average Bonchev–Trinajstić information content (AvgIpc) is 3.49. The number of aromatic nitrogens is 3. The zero-order chi connectivity index (χ0) is 26.2. The summed E-state index contributed by atoms with van der Waals surface area (Å²) in [4.78, 5) is 11.1. The van der Waals surface area contributed by atoms with Crippen LogP contribution in [0.1, 0.15) is 23.5 Å². The first-order chi connectivity index (χ1) is 17.7. The van der Waals surface area contributed by atoms with Crippen molar-refractivity contribution in [3.05, 3.63) is 95.7 Å². The SMILES string of the molecule is COc1cc(N2C(=S)N[C@@H](c3ccccn3)[C@@H]2c2cccn2-c2ccc(Cl)cn2)ccc1NS(C)(=O)=O. The second-order valence-electron chi connectivity index (χ2n) is 8.39. The number of hydrogen-bond donors (Lipinski definition) is 2. The molecule has 0 unspecified atom stereocenters. The van der Waals surface area contributed by atoms with Crippen molar-refractivity contribution in [2.24, 2.45) is 0 Å². The summed E-state index contributed by atoms with van der Waals surface area (Å²) in [5.74, 6) is 1.06. The molecule has 1 aromatic carbocycles. The first kappa shape index (κ1) is 25.0. The molecule has 12 heteroatoms. The Morgan fingerprint density at radius 1 is 1.11 bits per heavy atom. The van der Waals surface area contributed by atoms with E-state index < -0.39 is 10.0 Å². The number of ether oxygens (including phenoxy) is 1. The highest BCUT2D eigenvalue weighted by molar-refractivity contribution is 7.92. The summed E-state index contributed by atoms with van der Waals surface area (Å²) in [5, 5.41) is 4.46. The van der Waals surface area contributed by atoms with Crippen molar-refractivity contribution in [2.75, 3.05) is 23.0 Å².